The number of piperidine rings is 1. The molecule has 0 radical (unpaired) electrons. The van der Waals surface area contributed by atoms with E-state index >= 15 is 0 Å². The minimum absolute atomic E-state index is 0.199. The summed E-state index contributed by atoms with van der Waals surface area (Å²) in [5, 5.41) is 6.95. The van der Waals surface area contributed by atoms with E-state index in [2.05, 4.69) is 50.2 Å². The maximum atomic E-state index is 13.6. The van der Waals surface area contributed by atoms with Crippen LogP contribution in [0.1, 0.15) is 53.0 Å². The van der Waals surface area contributed by atoms with E-state index in [1.807, 2.05) is 6.07 Å². The van der Waals surface area contributed by atoms with Crippen molar-refractivity contribution in [1.29, 1.82) is 0 Å². The van der Waals surface area contributed by atoms with Crippen molar-refractivity contribution in [3.05, 3.63) is 35.6 Å². The average Bonchev–Trinajstić information content (AvgIpc) is 2.67. The lowest BCUT2D eigenvalue weighted by atomic mass is 9.85. The van der Waals surface area contributed by atoms with Gasteiger partial charge in [-0.2, -0.15) is 0 Å². The number of guanidine groups is 1. The monoisotopic (exact) mass is 406 g/mol. The van der Waals surface area contributed by atoms with Gasteiger partial charge in [-0.1, -0.05) is 26.0 Å². The van der Waals surface area contributed by atoms with Crippen LogP contribution in [0, 0.1) is 5.82 Å². The van der Waals surface area contributed by atoms with Crippen LogP contribution < -0.4 is 10.6 Å². The molecule has 1 saturated heterocycles. The van der Waals surface area contributed by atoms with Gasteiger partial charge in [0, 0.05) is 37.6 Å². The molecule has 29 heavy (non-hydrogen) atoms. The molecule has 1 aliphatic heterocycles. The molecule has 1 aromatic rings. The molecule has 1 heterocycles. The first kappa shape index (κ1) is 23.6. The van der Waals surface area contributed by atoms with Gasteiger partial charge in [0.25, 0.3) is 0 Å². The zero-order chi connectivity index (χ0) is 21.3. The Morgan fingerprint density at radius 1 is 1.31 bits per heavy atom. The third-order valence-corrected chi connectivity index (χ3v) is 5.37. The summed E-state index contributed by atoms with van der Waals surface area (Å²) in [6, 6.07) is 7.24. The summed E-state index contributed by atoms with van der Waals surface area (Å²) in [5.41, 5.74) is 0.735. The van der Waals surface area contributed by atoms with E-state index in [0.717, 1.165) is 57.2 Å². The summed E-state index contributed by atoms with van der Waals surface area (Å²) in [5.74, 6) is 0.647. The Morgan fingerprint density at radius 3 is 2.66 bits per heavy atom. The zero-order valence-electron chi connectivity index (χ0n) is 18.8. The second-order valence-corrected chi connectivity index (χ2v) is 8.77. The maximum absolute atomic E-state index is 13.6. The summed E-state index contributed by atoms with van der Waals surface area (Å²) >= 11 is 0. The first-order valence-electron chi connectivity index (χ1n) is 10.9. The second-order valence-electron chi connectivity index (χ2n) is 8.77. The highest BCUT2D eigenvalue weighted by atomic mass is 19.1. The Labute approximate surface area is 176 Å². The molecule has 1 aromatic carbocycles. The van der Waals surface area contributed by atoms with Gasteiger partial charge in [-0.3, -0.25) is 4.99 Å². The Balaban J connectivity index is 1.86. The molecule has 2 rings (SSSR count). The number of rotatable bonds is 9. The number of nitrogens with zero attached hydrogens (tertiary/aromatic N) is 2. The van der Waals surface area contributed by atoms with Crippen LogP contribution in [0.25, 0.3) is 0 Å². The van der Waals surface area contributed by atoms with Gasteiger partial charge in [-0.05, 0) is 51.3 Å². The largest absolute Gasteiger partial charge is 0.377 e. The Kier molecular flexibility index (Phi) is 9.37. The fourth-order valence-corrected chi connectivity index (χ4v) is 3.51. The molecule has 1 aliphatic rings. The molecule has 0 amide bonds. The molecule has 0 aliphatic carbocycles. The second kappa shape index (κ2) is 11.5. The van der Waals surface area contributed by atoms with E-state index in [-0.39, 0.29) is 11.2 Å². The summed E-state index contributed by atoms with van der Waals surface area (Å²) in [6.07, 6.45) is 2.49. The third-order valence-electron chi connectivity index (χ3n) is 5.37. The van der Waals surface area contributed by atoms with Gasteiger partial charge in [0.1, 0.15) is 5.82 Å². The molecule has 5 nitrogen and oxygen atoms in total. The van der Waals surface area contributed by atoms with Gasteiger partial charge in [-0.25, -0.2) is 4.39 Å². The van der Waals surface area contributed by atoms with Crippen LogP contribution in [0.15, 0.2) is 29.3 Å². The topological polar surface area (TPSA) is 48.9 Å². The first-order valence-corrected chi connectivity index (χ1v) is 10.9. The molecule has 1 fully saturated rings. The Bertz CT molecular complexity index is 640. The highest BCUT2D eigenvalue weighted by molar-refractivity contribution is 5.80. The third kappa shape index (κ3) is 8.31. The minimum Gasteiger partial charge on any atom is -0.377 e. The molecular weight excluding hydrogens is 367 g/mol. The number of hydrogen-bond acceptors (Lipinski definition) is 3. The molecule has 0 bridgehead atoms. The predicted molar refractivity (Wildman–Crippen MR) is 119 cm³/mol. The van der Waals surface area contributed by atoms with Gasteiger partial charge in [-0.15, -0.1) is 0 Å². The number of aliphatic imine (C=N–C) groups is 1. The minimum atomic E-state index is -0.232. The quantitative estimate of drug-likeness (QED) is 0.486. The van der Waals surface area contributed by atoms with E-state index in [0.29, 0.717) is 18.7 Å². The molecule has 164 valence electrons. The van der Waals surface area contributed by atoms with Crippen molar-refractivity contribution in [2.75, 3.05) is 39.3 Å². The fraction of sp³-hybridized carbons (Fsp3) is 0.696. The van der Waals surface area contributed by atoms with Gasteiger partial charge in [0.15, 0.2) is 5.96 Å². The van der Waals surface area contributed by atoms with Crippen LogP contribution in [0.2, 0.25) is 0 Å². The van der Waals surface area contributed by atoms with Gasteiger partial charge >= 0.3 is 0 Å². The van der Waals surface area contributed by atoms with Crippen molar-refractivity contribution in [3.8, 4) is 0 Å². The van der Waals surface area contributed by atoms with E-state index in [1.54, 1.807) is 12.1 Å². The van der Waals surface area contributed by atoms with Crippen molar-refractivity contribution >= 4 is 5.96 Å². The van der Waals surface area contributed by atoms with E-state index in [1.165, 1.54) is 6.07 Å². The normalized spacial score (nSPS) is 17.0. The molecule has 0 aromatic heterocycles. The zero-order valence-corrected chi connectivity index (χ0v) is 18.8. The average molecular weight is 407 g/mol. The number of hydrogen-bond donors (Lipinski definition) is 2. The van der Waals surface area contributed by atoms with Crippen molar-refractivity contribution in [2.24, 2.45) is 4.99 Å². The lowest BCUT2D eigenvalue weighted by Crippen LogP contribution is -2.49. The molecule has 0 saturated carbocycles. The van der Waals surface area contributed by atoms with Crippen molar-refractivity contribution < 1.29 is 9.13 Å². The van der Waals surface area contributed by atoms with E-state index < -0.39 is 0 Å². The van der Waals surface area contributed by atoms with Crippen LogP contribution in [0.3, 0.4) is 0 Å². The fourth-order valence-electron chi connectivity index (χ4n) is 3.51. The van der Waals surface area contributed by atoms with E-state index in [9.17, 15) is 4.39 Å². The Hall–Kier alpha value is -1.66. The van der Waals surface area contributed by atoms with Gasteiger partial charge in [0.2, 0.25) is 0 Å². The molecule has 0 unspecified atom stereocenters. The first-order chi connectivity index (χ1) is 13.8. The Morgan fingerprint density at radius 2 is 2.03 bits per heavy atom. The van der Waals surface area contributed by atoms with Crippen LogP contribution in [-0.2, 0) is 10.2 Å². The molecule has 0 spiro atoms. The van der Waals surface area contributed by atoms with Crippen LogP contribution in [0.5, 0.6) is 0 Å². The lowest BCUT2D eigenvalue weighted by Gasteiger charge is -2.33. The van der Waals surface area contributed by atoms with Crippen LogP contribution >= 0.6 is 0 Å². The standard InChI is InChI=1S/C23H39FN4O/c1-6-25-22(26-17-23(4,5)19-8-7-9-20(24)16-19)27-21-10-12-28(13-11-21)14-15-29-18(2)3/h7-9,16,18,21H,6,10-15,17H2,1-5H3,(H2,25,26,27). The molecule has 6 heteroatoms. The summed E-state index contributed by atoms with van der Waals surface area (Å²) in [6.45, 7) is 15.8. The SMILES string of the molecule is CCNC(=NCC(C)(C)c1cccc(F)c1)NC1CCN(CCOC(C)C)CC1. The van der Waals surface area contributed by atoms with Gasteiger partial charge in [0.05, 0.1) is 19.3 Å². The highest BCUT2D eigenvalue weighted by Gasteiger charge is 2.23. The molecular formula is C23H39FN4O. The van der Waals surface area contributed by atoms with E-state index in [4.69, 9.17) is 9.73 Å². The van der Waals surface area contributed by atoms with Crippen molar-refractivity contribution in [1.82, 2.24) is 15.5 Å². The predicted octanol–water partition coefficient (Wildman–Crippen LogP) is 3.55. The summed E-state index contributed by atoms with van der Waals surface area (Å²) in [4.78, 5) is 7.28. The summed E-state index contributed by atoms with van der Waals surface area (Å²) in [7, 11) is 0. The van der Waals surface area contributed by atoms with Crippen molar-refractivity contribution in [3.63, 3.8) is 0 Å². The summed E-state index contributed by atoms with van der Waals surface area (Å²) < 4.78 is 19.3. The number of nitrogens with one attached hydrogen (secondary N) is 2. The van der Waals surface area contributed by atoms with Crippen LogP contribution in [-0.4, -0.2) is 62.3 Å². The van der Waals surface area contributed by atoms with Crippen LogP contribution in [0.4, 0.5) is 4.39 Å². The maximum Gasteiger partial charge on any atom is 0.191 e. The number of ether oxygens (including phenoxy) is 1. The number of halogens is 1. The van der Waals surface area contributed by atoms with Gasteiger partial charge < -0.3 is 20.3 Å². The van der Waals surface area contributed by atoms with Crippen molar-refractivity contribution in [2.45, 2.75) is 65.0 Å². The molecule has 2 N–H and O–H groups in total. The number of likely N-dealkylation sites (tertiary alicyclic amines) is 1. The lowest BCUT2D eigenvalue weighted by molar-refractivity contribution is 0.0532. The smallest absolute Gasteiger partial charge is 0.191 e. The number of benzene rings is 1. The molecule has 0 atom stereocenters. The highest BCUT2D eigenvalue weighted by Crippen LogP contribution is 2.24.